The van der Waals surface area contributed by atoms with Gasteiger partial charge in [-0.3, -0.25) is 4.79 Å². The second-order valence-corrected chi connectivity index (χ2v) is 7.25. The number of hydrogen-bond donors (Lipinski definition) is 3. The van der Waals surface area contributed by atoms with Crippen molar-refractivity contribution < 1.29 is 27.8 Å². The first-order chi connectivity index (χ1) is 12.8. The smallest absolute Gasteiger partial charge is 0.285 e. The molecule has 0 spiro atoms. The minimum absolute atomic E-state index is 0.00410. The SMILES string of the molecule is Cc1cccc(CC(=NO)c2nonc2OCCNC(=O)CS(N)(=O)=O)c1. The fraction of sp³-hybridized carbons (Fsp3) is 0.333. The Morgan fingerprint density at radius 2 is 2.19 bits per heavy atom. The van der Waals surface area contributed by atoms with Crippen molar-refractivity contribution in [2.75, 3.05) is 18.9 Å². The van der Waals surface area contributed by atoms with Crippen LogP contribution in [0.2, 0.25) is 0 Å². The van der Waals surface area contributed by atoms with Gasteiger partial charge < -0.3 is 15.3 Å². The number of carbonyl (C=O) groups is 1. The van der Waals surface area contributed by atoms with Gasteiger partial charge in [0.2, 0.25) is 15.9 Å². The van der Waals surface area contributed by atoms with Gasteiger partial charge in [-0.1, -0.05) is 35.0 Å². The van der Waals surface area contributed by atoms with Crippen molar-refractivity contribution in [3.05, 3.63) is 41.1 Å². The molecule has 27 heavy (non-hydrogen) atoms. The third-order valence-electron chi connectivity index (χ3n) is 3.30. The molecule has 1 aromatic heterocycles. The minimum atomic E-state index is -3.89. The van der Waals surface area contributed by atoms with Crippen molar-refractivity contribution in [3.8, 4) is 5.88 Å². The van der Waals surface area contributed by atoms with Gasteiger partial charge >= 0.3 is 0 Å². The number of carbonyl (C=O) groups excluding carboxylic acids is 1. The van der Waals surface area contributed by atoms with Crippen LogP contribution in [0.1, 0.15) is 16.8 Å². The van der Waals surface area contributed by atoms with Crippen molar-refractivity contribution in [2.45, 2.75) is 13.3 Å². The third-order valence-corrected chi connectivity index (χ3v) is 3.97. The number of nitrogens with two attached hydrogens (primary N) is 1. The number of ether oxygens (including phenoxy) is 1. The molecule has 146 valence electrons. The lowest BCUT2D eigenvalue weighted by Gasteiger charge is -2.07. The Hall–Kier alpha value is -2.99. The average molecular weight is 397 g/mol. The molecule has 2 rings (SSSR count). The topological polar surface area (TPSA) is 170 Å². The molecule has 0 fully saturated rings. The van der Waals surface area contributed by atoms with E-state index in [9.17, 15) is 18.4 Å². The van der Waals surface area contributed by atoms with E-state index in [1.807, 2.05) is 31.2 Å². The number of hydrogen-bond acceptors (Lipinski definition) is 9. The lowest BCUT2D eigenvalue weighted by molar-refractivity contribution is -0.118. The van der Waals surface area contributed by atoms with Gasteiger partial charge in [-0.25, -0.2) is 18.2 Å². The first kappa shape index (κ1) is 20.3. The van der Waals surface area contributed by atoms with E-state index in [0.717, 1.165) is 11.1 Å². The van der Waals surface area contributed by atoms with Gasteiger partial charge in [-0.2, -0.15) is 0 Å². The van der Waals surface area contributed by atoms with Crippen LogP contribution in [0.25, 0.3) is 0 Å². The largest absolute Gasteiger partial charge is 0.472 e. The van der Waals surface area contributed by atoms with E-state index in [1.54, 1.807) is 0 Å². The van der Waals surface area contributed by atoms with Gasteiger partial charge in [0.25, 0.3) is 5.88 Å². The summed E-state index contributed by atoms with van der Waals surface area (Å²) in [4.78, 5) is 11.3. The maximum absolute atomic E-state index is 11.3. The molecule has 1 aromatic carbocycles. The molecule has 0 bridgehead atoms. The number of aromatic nitrogens is 2. The summed E-state index contributed by atoms with van der Waals surface area (Å²) in [7, 11) is -3.89. The lowest BCUT2D eigenvalue weighted by atomic mass is 10.0. The molecule has 0 unspecified atom stereocenters. The highest BCUT2D eigenvalue weighted by Crippen LogP contribution is 2.17. The van der Waals surface area contributed by atoms with Gasteiger partial charge in [0.1, 0.15) is 18.1 Å². The Bertz CT molecular complexity index is 924. The van der Waals surface area contributed by atoms with Crippen LogP contribution in [-0.4, -0.2) is 54.5 Å². The third kappa shape index (κ3) is 6.67. The Morgan fingerprint density at radius 1 is 1.41 bits per heavy atom. The Morgan fingerprint density at radius 3 is 2.85 bits per heavy atom. The monoisotopic (exact) mass is 397 g/mol. The highest BCUT2D eigenvalue weighted by atomic mass is 32.2. The normalized spacial score (nSPS) is 12.0. The molecule has 1 amide bonds. The Balaban J connectivity index is 1.93. The molecule has 12 heteroatoms. The van der Waals surface area contributed by atoms with E-state index in [4.69, 9.17) is 9.88 Å². The van der Waals surface area contributed by atoms with Crippen LogP contribution in [-0.2, 0) is 21.2 Å². The van der Waals surface area contributed by atoms with Gasteiger partial charge in [-0.15, -0.1) is 0 Å². The van der Waals surface area contributed by atoms with E-state index >= 15 is 0 Å². The molecule has 0 saturated heterocycles. The highest BCUT2D eigenvalue weighted by molar-refractivity contribution is 7.89. The van der Waals surface area contributed by atoms with E-state index in [1.165, 1.54) is 0 Å². The van der Waals surface area contributed by atoms with E-state index < -0.39 is 21.7 Å². The summed E-state index contributed by atoms with van der Waals surface area (Å²) in [5.41, 5.74) is 2.26. The first-order valence-electron chi connectivity index (χ1n) is 7.78. The van der Waals surface area contributed by atoms with Crippen LogP contribution in [0, 0.1) is 6.92 Å². The van der Waals surface area contributed by atoms with Gasteiger partial charge in [0, 0.05) is 6.42 Å². The van der Waals surface area contributed by atoms with E-state index in [2.05, 4.69) is 25.4 Å². The van der Waals surface area contributed by atoms with Crippen LogP contribution in [0.15, 0.2) is 34.1 Å². The number of amides is 1. The van der Waals surface area contributed by atoms with Gasteiger partial charge in [0.05, 0.1) is 6.54 Å². The molecular formula is C15H19N5O6S. The summed E-state index contributed by atoms with van der Waals surface area (Å²) in [5, 5.41) is 26.9. The average Bonchev–Trinajstić information content (AvgIpc) is 3.03. The van der Waals surface area contributed by atoms with Crippen LogP contribution in [0.3, 0.4) is 0 Å². The Labute approximate surface area is 155 Å². The summed E-state index contributed by atoms with van der Waals surface area (Å²) in [6.45, 7) is 1.90. The number of sulfonamides is 1. The maximum Gasteiger partial charge on any atom is 0.285 e. The zero-order valence-corrected chi connectivity index (χ0v) is 15.3. The predicted octanol–water partition coefficient (Wildman–Crippen LogP) is -0.417. The predicted molar refractivity (Wildman–Crippen MR) is 94.0 cm³/mol. The van der Waals surface area contributed by atoms with Crippen molar-refractivity contribution in [1.82, 2.24) is 15.6 Å². The molecule has 2 aromatic rings. The molecule has 4 N–H and O–H groups in total. The molecule has 11 nitrogen and oxygen atoms in total. The summed E-state index contributed by atoms with van der Waals surface area (Å²) >= 11 is 0. The number of oxime groups is 1. The summed E-state index contributed by atoms with van der Waals surface area (Å²) in [5.74, 6) is -1.59. The van der Waals surface area contributed by atoms with Gasteiger partial charge in [-0.05, 0) is 22.8 Å². The quantitative estimate of drug-likeness (QED) is 0.222. The van der Waals surface area contributed by atoms with Crippen molar-refractivity contribution in [3.63, 3.8) is 0 Å². The zero-order valence-electron chi connectivity index (χ0n) is 14.5. The van der Waals surface area contributed by atoms with E-state index in [-0.39, 0.29) is 36.9 Å². The van der Waals surface area contributed by atoms with Crippen LogP contribution in [0.4, 0.5) is 0 Å². The molecule has 0 saturated carbocycles. The second-order valence-electron chi connectivity index (χ2n) is 5.64. The molecule has 1 heterocycles. The highest BCUT2D eigenvalue weighted by Gasteiger charge is 2.19. The molecule has 0 radical (unpaired) electrons. The van der Waals surface area contributed by atoms with Crippen LogP contribution < -0.4 is 15.2 Å². The van der Waals surface area contributed by atoms with Gasteiger partial charge in [0.15, 0.2) is 5.69 Å². The summed E-state index contributed by atoms with van der Waals surface area (Å²) in [6, 6.07) is 7.62. The Kier molecular flexibility index (Phi) is 6.85. The number of benzene rings is 1. The van der Waals surface area contributed by atoms with Crippen molar-refractivity contribution >= 4 is 21.6 Å². The standard InChI is InChI=1S/C15H19N5O6S/c1-10-3-2-4-11(7-10)8-12(18-22)14-15(20-26-19-14)25-6-5-17-13(21)9-27(16,23)24/h2-4,7,22H,5-6,8-9H2,1H3,(H,17,21)(H2,16,23,24). The summed E-state index contributed by atoms with van der Waals surface area (Å²) in [6.07, 6.45) is 0.272. The first-order valence-corrected chi connectivity index (χ1v) is 9.49. The maximum atomic E-state index is 11.3. The number of aryl methyl sites for hydroxylation is 1. The van der Waals surface area contributed by atoms with Crippen LogP contribution >= 0.6 is 0 Å². The molecule has 0 aliphatic heterocycles. The number of primary sulfonamides is 1. The fourth-order valence-electron chi connectivity index (χ4n) is 2.21. The zero-order chi connectivity index (χ0) is 19.9. The van der Waals surface area contributed by atoms with Crippen molar-refractivity contribution in [1.29, 1.82) is 0 Å². The molecular weight excluding hydrogens is 378 g/mol. The minimum Gasteiger partial charge on any atom is -0.472 e. The number of nitrogens with zero attached hydrogens (tertiary/aromatic N) is 3. The molecule has 0 aliphatic rings. The fourth-order valence-corrected chi connectivity index (χ4v) is 2.67. The molecule has 0 aliphatic carbocycles. The van der Waals surface area contributed by atoms with E-state index in [0.29, 0.717) is 0 Å². The summed E-state index contributed by atoms with van der Waals surface area (Å²) < 4.78 is 31.6. The second kappa shape index (κ2) is 9.09. The number of rotatable bonds is 9. The van der Waals surface area contributed by atoms with Crippen molar-refractivity contribution in [2.24, 2.45) is 10.3 Å². The lowest BCUT2D eigenvalue weighted by Crippen LogP contribution is -2.35. The number of nitrogens with one attached hydrogen (secondary N) is 1. The molecule has 0 atom stereocenters. The van der Waals surface area contributed by atoms with Crippen LogP contribution in [0.5, 0.6) is 5.88 Å².